The number of benzene rings is 2. The Bertz CT molecular complexity index is 493. The molecule has 86 valence electrons. The van der Waals surface area contributed by atoms with E-state index in [1.54, 1.807) is 0 Å². The van der Waals surface area contributed by atoms with Crippen LogP contribution < -0.4 is 0 Å². The van der Waals surface area contributed by atoms with Crippen LogP contribution in [0.2, 0.25) is 0 Å². The van der Waals surface area contributed by atoms with Crippen LogP contribution in [-0.2, 0) is 0 Å². The van der Waals surface area contributed by atoms with Gasteiger partial charge in [0.05, 0.1) is 0 Å². The van der Waals surface area contributed by atoms with Crippen molar-refractivity contribution in [3.8, 4) is 0 Å². The first-order chi connectivity index (χ1) is 8.43. The molecular weight excluding hydrogens is 244 g/mol. The lowest BCUT2D eigenvalue weighted by Crippen LogP contribution is -2.03. The third-order valence-corrected chi connectivity index (χ3v) is 5.37. The minimum absolute atomic E-state index is 0.620. The zero-order valence-corrected chi connectivity index (χ0v) is 11.1. The zero-order valence-electron chi connectivity index (χ0n) is 9.50. The highest BCUT2D eigenvalue weighted by Crippen LogP contribution is 2.45. The Morgan fingerprint density at radius 3 is 2.59 bits per heavy atom. The average molecular weight is 258 g/mol. The second-order valence-electron chi connectivity index (χ2n) is 4.09. The molecule has 0 N–H and O–H groups in total. The molecule has 2 heteroatoms. The van der Waals surface area contributed by atoms with E-state index < -0.39 is 0 Å². The smallest absolute Gasteiger partial charge is 0.0363 e. The molecule has 0 fully saturated rings. The average Bonchev–Trinajstić information content (AvgIpc) is 2.40. The van der Waals surface area contributed by atoms with E-state index in [9.17, 15) is 0 Å². The molecule has 0 saturated heterocycles. The van der Waals surface area contributed by atoms with Crippen molar-refractivity contribution in [3.63, 3.8) is 0 Å². The molecule has 0 aliphatic carbocycles. The van der Waals surface area contributed by atoms with Crippen LogP contribution in [0, 0.1) is 0 Å². The first-order valence-electron chi connectivity index (χ1n) is 5.87. The Hall–Kier alpha value is -0.860. The largest absolute Gasteiger partial charge is 0.126 e. The van der Waals surface area contributed by atoms with Gasteiger partial charge in [-0.25, -0.2) is 0 Å². The van der Waals surface area contributed by atoms with Gasteiger partial charge in [0.25, 0.3) is 0 Å². The maximum absolute atomic E-state index is 2.28. The molecule has 1 unspecified atom stereocenters. The van der Waals surface area contributed by atoms with Gasteiger partial charge in [0.1, 0.15) is 0 Å². The standard InChI is InChI=1S/C15H14S2/c1-2-6-12(7-3-1)17-15-10-11-16-14-9-5-4-8-13(14)15/h1-9,15H,10-11H2. The third kappa shape index (κ3) is 2.53. The SMILES string of the molecule is c1ccc(SC2CCSc3ccccc32)cc1. The molecule has 0 aromatic heterocycles. The molecule has 0 spiro atoms. The van der Waals surface area contributed by atoms with E-state index in [1.807, 2.05) is 23.5 Å². The zero-order chi connectivity index (χ0) is 11.5. The highest BCUT2D eigenvalue weighted by Gasteiger charge is 2.20. The summed E-state index contributed by atoms with van der Waals surface area (Å²) in [5.74, 6) is 1.24. The van der Waals surface area contributed by atoms with Crippen molar-refractivity contribution in [2.24, 2.45) is 0 Å². The predicted molar refractivity (Wildman–Crippen MR) is 76.8 cm³/mol. The van der Waals surface area contributed by atoms with E-state index >= 15 is 0 Å². The van der Waals surface area contributed by atoms with Crippen molar-refractivity contribution < 1.29 is 0 Å². The molecule has 0 radical (unpaired) electrons. The van der Waals surface area contributed by atoms with Gasteiger partial charge in [-0.05, 0) is 35.9 Å². The summed E-state index contributed by atoms with van der Waals surface area (Å²) in [6, 6.07) is 19.5. The number of fused-ring (bicyclic) bond motifs is 1. The summed E-state index contributed by atoms with van der Waals surface area (Å²) < 4.78 is 0. The van der Waals surface area contributed by atoms with Crippen molar-refractivity contribution in [3.05, 3.63) is 60.2 Å². The van der Waals surface area contributed by atoms with Crippen LogP contribution in [0.4, 0.5) is 0 Å². The van der Waals surface area contributed by atoms with Gasteiger partial charge in [0.15, 0.2) is 0 Å². The van der Waals surface area contributed by atoms with Gasteiger partial charge >= 0.3 is 0 Å². The molecule has 0 nitrogen and oxygen atoms in total. The van der Waals surface area contributed by atoms with Crippen molar-refractivity contribution in [1.82, 2.24) is 0 Å². The van der Waals surface area contributed by atoms with Crippen LogP contribution in [-0.4, -0.2) is 5.75 Å². The van der Waals surface area contributed by atoms with Gasteiger partial charge in [-0.1, -0.05) is 36.4 Å². The monoisotopic (exact) mass is 258 g/mol. The fourth-order valence-electron chi connectivity index (χ4n) is 2.10. The third-order valence-electron chi connectivity index (χ3n) is 2.93. The van der Waals surface area contributed by atoms with E-state index in [4.69, 9.17) is 0 Å². The van der Waals surface area contributed by atoms with Gasteiger partial charge in [-0.15, -0.1) is 23.5 Å². The molecule has 2 aromatic rings. The molecule has 1 heterocycles. The molecule has 1 atom stereocenters. The molecule has 0 bridgehead atoms. The van der Waals surface area contributed by atoms with E-state index in [-0.39, 0.29) is 0 Å². The molecule has 17 heavy (non-hydrogen) atoms. The first-order valence-corrected chi connectivity index (χ1v) is 7.73. The maximum atomic E-state index is 2.28. The van der Waals surface area contributed by atoms with Gasteiger partial charge in [0, 0.05) is 15.0 Å². The minimum Gasteiger partial charge on any atom is -0.126 e. The molecule has 0 saturated carbocycles. The molecule has 0 amide bonds. The lowest BCUT2D eigenvalue weighted by molar-refractivity contribution is 0.865. The molecule has 1 aliphatic rings. The van der Waals surface area contributed by atoms with Crippen molar-refractivity contribution >= 4 is 23.5 Å². The maximum Gasteiger partial charge on any atom is 0.0363 e. The number of hydrogen-bond acceptors (Lipinski definition) is 2. The molecule has 2 aromatic carbocycles. The number of hydrogen-bond donors (Lipinski definition) is 0. The van der Waals surface area contributed by atoms with Crippen LogP contribution in [0.1, 0.15) is 17.2 Å². The lowest BCUT2D eigenvalue weighted by Gasteiger charge is -2.24. The van der Waals surface area contributed by atoms with Gasteiger partial charge in [-0.2, -0.15) is 0 Å². The van der Waals surface area contributed by atoms with Crippen LogP contribution in [0.3, 0.4) is 0 Å². The van der Waals surface area contributed by atoms with E-state index in [2.05, 4.69) is 54.6 Å². The second kappa shape index (κ2) is 5.19. The minimum atomic E-state index is 0.620. The van der Waals surface area contributed by atoms with Crippen LogP contribution in [0.5, 0.6) is 0 Å². The fourth-order valence-corrected chi connectivity index (χ4v) is 4.66. The second-order valence-corrected chi connectivity index (χ2v) is 6.51. The summed E-state index contributed by atoms with van der Waals surface area (Å²) in [6.45, 7) is 0. The lowest BCUT2D eigenvalue weighted by atomic mass is 10.1. The van der Waals surface area contributed by atoms with Gasteiger partial charge < -0.3 is 0 Å². The predicted octanol–water partition coefficient (Wildman–Crippen LogP) is 5.02. The summed E-state index contributed by atoms with van der Waals surface area (Å²) in [7, 11) is 0. The summed E-state index contributed by atoms with van der Waals surface area (Å²) in [5, 5.41) is 0.620. The Morgan fingerprint density at radius 1 is 0.941 bits per heavy atom. The summed E-state index contributed by atoms with van der Waals surface area (Å²) in [6.07, 6.45) is 1.27. The van der Waals surface area contributed by atoms with E-state index in [0.717, 1.165) is 0 Å². The number of rotatable bonds is 2. The Labute approximate surface area is 111 Å². The van der Waals surface area contributed by atoms with Crippen LogP contribution >= 0.6 is 23.5 Å². The van der Waals surface area contributed by atoms with Crippen molar-refractivity contribution in [2.45, 2.75) is 21.5 Å². The van der Waals surface area contributed by atoms with Crippen molar-refractivity contribution in [2.75, 3.05) is 5.75 Å². The Kier molecular flexibility index (Phi) is 3.44. The van der Waals surface area contributed by atoms with E-state index in [1.165, 1.54) is 27.5 Å². The number of thioether (sulfide) groups is 2. The summed E-state index contributed by atoms with van der Waals surface area (Å²) in [4.78, 5) is 2.84. The fraction of sp³-hybridized carbons (Fsp3) is 0.200. The summed E-state index contributed by atoms with van der Waals surface area (Å²) >= 11 is 3.98. The summed E-state index contributed by atoms with van der Waals surface area (Å²) in [5.41, 5.74) is 1.51. The molecular formula is C15H14S2. The Balaban J connectivity index is 1.86. The van der Waals surface area contributed by atoms with Gasteiger partial charge in [-0.3, -0.25) is 0 Å². The Morgan fingerprint density at radius 2 is 1.71 bits per heavy atom. The highest BCUT2D eigenvalue weighted by molar-refractivity contribution is 8.01. The molecule has 3 rings (SSSR count). The van der Waals surface area contributed by atoms with Gasteiger partial charge in [0.2, 0.25) is 0 Å². The normalized spacial score (nSPS) is 18.7. The first kappa shape index (κ1) is 11.2. The topological polar surface area (TPSA) is 0 Å². The van der Waals surface area contributed by atoms with Crippen LogP contribution in [0.15, 0.2) is 64.4 Å². The van der Waals surface area contributed by atoms with Crippen molar-refractivity contribution in [1.29, 1.82) is 0 Å². The van der Waals surface area contributed by atoms with Crippen LogP contribution in [0.25, 0.3) is 0 Å². The van der Waals surface area contributed by atoms with E-state index in [0.29, 0.717) is 5.25 Å². The quantitative estimate of drug-likeness (QED) is 0.742. The molecule has 1 aliphatic heterocycles. The highest BCUT2D eigenvalue weighted by atomic mass is 32.2.